The zero-order chi connectivity index (χ0) is 11.3. The van der Waals surface area contributed by atoms with Crippen molar-refractivity contribution in [1.82, 2.24) is 20.8 Å². The van der Waals surface area contributed by atoms with E-state index in [-0.39, 0.29) is 11.6 Å². The van der Waals surface area contributed by atoms with Crippen molar-refractivity contribution in [1.29, 1.82) is 0 Å². The highest BCUT2D eigenvalue weighted by molar-refractivity contribution is 9.10. The number of hydrazine groups is 1. The predicted octanol–water partition coefficient (Wildman–Crippen LogP) is 0.239. The fraction of sp³-hybridized carbons (Fsp3) is 0.143. The maximum atomic E-state index is 11.3. The molecule has 1 heterocycles. The quantitative estimate of drug-likeness (QED) is 0.604. The van der Waals surface area contributed by atoms with Crippen LogP contribution in [0.4, 0.5) is 0 Å². The van der Waals surface area contributed by atoms with Gasteiger partial charge in [0.15, 0.2) is 0 Å². The van der Waals surface area contributed by atoms with Gasteiger partial charge in [-0.05, 0) is 15.9 Å². The lowest BCUT2D eigenvalue weighted by Crippen LogP contribution is -2.42. The van der Waals surface area contributed by atoms with Gasteiger partial charge >= 0.3 is 0 Å². The van der Waals surface area contributed by atoms with Gasteiger partial charge in [-0.3, -0.25) is 20.4 Å². The molecule has 1 aromatic heterocycles. The van der Waals surface area contributed by atoms with Crippen LogP contribution in [0.1, 0.15) is 10.5 Å². The van der Waals surface area contributed by atoms with E-state index in [9.17, 15) is 9.59 Å². The van der Waals surface area contributed by atoms with E-state index in [1.165, 1.54) is 12.4 Å². The summed E-state index contributed by atoms with van der Waals surface area (Å²) < 4.78 is 0.517. The number of carbonyl (C=O) groups is 2. The number of aromatic nitrogens is 2. The van der Waals surface area contributed by atoms with Gasteiger partial charge in [-0.1, -0.05) is 0 Å². The lowest BCUT2D eigenvalue weighted by Gasteiger charge is -2.04. The van der Waals surface area contributed by atoms with Gasteiger partial charge in [0.2, 0.25) is 0 Å². The SMILES string of the molecule is O=C(CCl)NNC(=O)c1cnc(Br)cn1. The number of amides is 2. The van der Waals surface area contributed by atoms with Crippen molar-refractivity contribution in [2.75, 3.05) is 5.88 Å². The van der Waals surface area contributed by atoms with Crippen LogP contribution in [0.15, 0.2) is 17.0 Å². The lowest BCUT2D eigenvalue weighted by atomic mass is 10.4. The van der Waals surface area contributed by atoms with Crippen molar-refractivity contribution in [3.05, 3.63) is 22.7 Å². The van der Waals surface area contributed by atoms with Crippen molar-refractivity contribution in [2.24, 2.45) is 0 Å². The van der Waals surface area contributed by atoms with Crippen LogP contribution in [0.5, 0.6) is 0 Å². The van der Waals surface area contributed by atoms with Gasteiger partial charge in [-0.15, -0.1) is 11.6 Å². The number of carbonyl (C=O) groups excluding carboxylic acids is 2. The monoisotopic (exact) mass is 292 g/mol. The molecule has 15 heavy (non-hydrogen) atoms. The highest BCUT2D eigenvalue weighted by atomic mass is 79.9. The third kappa shape index (κ3) is 3.80. The van der Waals surface area contributed by atoms with Crippen molar-refractivity contribution in [3.63, 3.8) is 0 Å². The van der Waals surface area contributed by atoms with E-state index < -0.39 is 11.8 Å². The van der Waals surface area contributed by atoms with E-state index in [4.69, 9.17) is 11.6 Å². The molecule has 0 saturated heterocycles. The first-order valence-corrected chi connectivity index (χ1v) is 5.09. The third-order valence-electron chi connectivity index (χ3n) is 1.29. The molecule has 0 atom stereocenters. The fourth-order valence-corrected chi connectivity index (χ4v) is 0.925. The Morgan fingerprint density at radius 3 is 2.60 bits per heavy atom. The molecular formula is C7H6BrClN4O2. The van der Waals surface area contributed by atoms with E-state index in [1.54, 1.807) is 0 Å². The van der Waals surface area contributed by atoms with Crippen molar-refractivity contribution in [3.8, 4) is 0 Å². The number of hydrogen-bond acceptors (Lipinski definition) is 4. The number of hydrogen-bond donors (Lipinski definition) is 2. The molecular weight excluding hydrogens is 287 g/mol. The molecule has 0 radical (unpaired) electrons. The summed E-state index contributed by atoms with van der Waals surface area (Å²) in [5.74, 6) is -1.30. The highest BCUT2D eigenvalue weighted by Crippen LogP contribution is 2.02. The molecule has 6 nitrogen and oxygen atoms in total. The van der Waals surface area contributed by atoms with Gasteiger partial charge in [0.05, 0.1) is 12.4 Å². The zero-order valence-electron chi connectivity index (χ0n) is 7.33. The van der Waals surface area contributed by atoms with Gasteiger partial charge < -0.3 is 0 Å². The highest BCUT2D eigenvalue weighted by Gasteiger charge is 2.08. The summed E-state index contributed by atoms with van der Waals surface area (Å²) in [6.45, 7) is 0. The first kappa shape index (κ1) is 11.9. The molecule has 0 spiro atoms. The normalized spacial score (nSPS) is 9.47. The Bertz CT molecular complexity index is 370. The summed E-state index contributed by atoms with van der Waals surface area (Å²) in [4.78, 5) is 29.6. The molecule has 2 N–H and O–H groups in total. The molecule has 0 aromatic carbocycles. The second kappa shape index (κ2) is 5.62. The molecule has 2 amide bonds. The number of halogens is 2. The Morgan fingerprint density at radius 1 is 1.33 bits per heavy atom. The molecule has 80 valence electrons. The van der Waals surface area contributed by atoms with Crippen LogP contribution in [0.3, 0.4) is 0 Å². The summed E-state index contributed by atoms with van der Waals surface area (Å²) in [6.07, 6.45) is 2.64. The van der Waals surface area contributed by atoms with Crippen LogP contribution in [0.25, 0.3) is 0 Å². The van der Waals surface area contributed by atoms with E-state index in [0.29, 0.717) is 4.60 Å². The zero-order valence-corrected chi connectivity index (χ0v) is 9.67. The molecule has 1 aromatic rings. The minimum Gasteiger partial charge on any atom is -0.272 e. The fourth-order valence-electron chi connectivity index (χ4n) is 0.653. The molecule has 0 aliphatic rings. The molecule has 8 heteroatoms. The predicted molar refractivity (Wildman–Crippen MR) is 56.1 cm³/mol. The smallest absolute Gasteiger partial charge is 0.272 e. The van der Waals surface area contributed by atoms with Crippen LogP contribution >= 0.6 is 27.5 Å². The summed E-state index contributed by atoms with van der Waals surface area (Å²) in [5, 5.41) is 0. The van der Waals surface area contributed by atoms with E-state index >= 15 is 0 Å². The van der Waals surface area contributed by atoms with Crippen molar-refractivity contribution < 1.29 is 9.59 Å². The summed E-state index contributed by atoms with van der Waals surface area (Å²) >= 11 is 8.28. The largest absolute Gasteiger partial charge is 0.289 e. The van der Waals surface area contributed by atoms with Gasteiger partial charge in [-0.2, -0.15) is 0 Å². The second-order valence-electron chi connectivity index (χ2n) is 2.36. The second-order valence-corrected chi connectivity index (χ2v) is 3.44. The van der Waals surface area contributed by atoms with Crippen LogP contribution in [-0.4, -0.2) is 27.7 Å². The topological polar surface area (TPSA) is 84.0 Å². The Labute approximate surface area is 98.5 Å². The third-order valence-corrected chi connectivity index (χ3v) is 1.94. The number of alkyl halides is 1. The molecule has 0 aliphatic heterocycles. The minimum absolute atomic E-state index is 0.0908. The molecule has 1 rings (SSSR count). The Morgan fingerprint density at radius 2 is 2.07 bits per heavy atom. The van der Waals surface area contributed by atoms with Crippen molar-refractivity contribution >= 4 is 39.3 Å². The van der Waals surface area contributed by atoms with Gasteiger partial charge in [0, 0.05) is 0 Å². The van der Waals surface area contributed by atoms with E-state index in [0.717, 1.165) is 0 Å². The van der Waals surface area contributed by atoms with Crippen LogP contribution in [0, 0.1) is 0 Å². The maximum Gasteiger partial charge on any atom is 0.289 e. The van der Waals surface area contributed by atoms with E-state index in [1.807, 2.05) is 0 Å². The van der Waals surface area contributed by atoms with Gasteiger partial charge in [0.1, 0.15) is 16.2 Å². The summed E-state index contributed by atoms with van der Waals surface area (Å²) in [5.41, 5.74) is 4.31. The first-order valence-electron chi connectivity index (χ1n) is 3.76. The molecule has 0 bridgehead atoms. The molecule has 0 aliphatic carbocycles. The van der Waals surface area contributed by atoms with Gasteiger partial charge in [0.25, 0.3) is 11.8 Å². The van der Waals surface area contributed by atoms with Crippen LogP contribution < -0.4 is 10.9 Å². The Balaban J connectivity index is 2.54. The van der Waals surface area contributed by atoms with Crippen LogP contribution in [0.2, 0.25) is 0 Å². The maximum absolute atomic E-state index is 11.3. The average molecular weight is 294 g/mol. The Hall–Kier alpha value is -1.21. The lowest BCUT2D eigenvalue weighted by molar-refractivity contribution is -0.119. The average Bonchev–Trinajstić information content (AvgIpc) is 2.26. The number of nitrogens with one attached hydrogen (secondary N) is 2. The summed E-state index contributed by atoms with van der Waals surface area (Å²) in [7, 11) is 0. The number of nitrogens with zero attached hydrogens (tertiary/aromatic N) is 2. The van der Waals surface area contributed by atoms with Crippen LogP contribution in [-0.2, 0) is 4.79 Å². The Kier molecular flexibility index (Phi) is 4.44. The summed E-state index contributed by atoms with van der Waals surface area (Å²) in [6, 6.07) is 0. The molecule has 0 saturated carbocycles. The molecule has 0 fully saturated rings. The van der Waals surface area contributed by atoms with E-state index in [2.05, 4.69) is 36.7 Å². The first-order chi connectivity index (χ1) is 7.13. The minimum atomic E-state index is -0.562. The standard InChI is InChI=1S/C7H6BrClN4O2/c8-5-3-10-4(2-11-5)7(15)13-12-6(14)1-9/h2-3H,1H2,(H,12,14)(H,13,15). The van der Waals surface area contributed by atoms with Crippen molar-refractivity contribution in [2.45, 2.75) is 0 Å². The molecule has 0 unspecified atom stereocenters. The number of rotatable bonds is 2. The van der Waals surface area contributed by atoms with Gasteiger partial charge in [-0.25, -0.2) is 9.97 Å².